The summed E-state index contributed by atoms with van der Waals surface area (Å²) in [6.07, 6.45) is 10.1. The number of aliphatic hydroxyl groups excluding tert-OH is 1. The lowest BCUT2D eigenvalue weighted by molar-refractivity contribution is -0.152. The predicted octanol–water partition coefficient (Wildman–Crippen LogP) is 4.82. The molecule has 5 rings (SSSR count). The normalized spacial score (nSPS) is 42.4. The molecule has 0 aliphatic heterocycles. The molecule has 1 N–H and O–H groups in total. The van der Waals surface area contributed by atoms with Gasteiger partial charge in [0, 0.05) is 16.2 Å². The standard InChI is InChI=1S/C19H28OS/c1-3-15-4-5-16(21-15)7-17(20)19-10-13-6-14(11-19)9-18(2,8-13)12-19/h4-5,13-14,17,20H,3,6-12H2,1-2H3. The number of aliphatic hydroxyl groups is 1. The van der Waals surface area contributed by atoms with Crippen molar-refractivity contribution < 1.29 is 5.11 Å². The van der Waals surface area contributed by atoms with Gasteiger partial charge < -0.3 is 5.11 Å². The van der Waals surface area contributed by atoms with Crippen molar-refractivity contribution in [2.75, 3.05) is 0 Å². The van der Waals surface area contributed by atoms with E-state index in [4.69, 9.17) is 0 Å². The van der Waals surface area contributed by atoms with Crippen LogP contribution in [-0.4, -0.2) is 11.2 Å². The van der Waals surface area contributed by atoms with Crippen LogP contribution in [0, 0.1) is 22.7 Å². The lowest BCUT2D eigenvalue weighted by Gasteiger charge is -2.62. The van der Waals surface area contributed by atoms with Crippen LogP contribution >= 0.6 is 11.3 Å². The third-order valence-corrected chi connectivity index (χ3v) is 7.82. The van der Waals surface area contributed by atoms with Crippen molar-refractivity contribution in [1.29, 1.82) is 0 Å². The second kappa shape index (κ2) is 4.83. The van der Waals surface area contributed by atoms with Crippen molar-refractivity contribution in [2.45, 2.75) is 71.3 Å². The maximum atomic E-state index is 11.1. The molecule has 0 spiro atoms. The summed E-state index contributed by atoms with van der Waals surface area (Å²) in [4.78, 5) is 2.84. The van der Waals surface area contributed by atoms with E-state index in [9.17, 15) is 5.11 Å². The number of hydrogen-bond donors (Lipinski definition) is 1. The molecule has 0 radical (unpaired) electrons. The van der Waals surface area contributed by atoms with Crippen LogP contribution in [-0.2, 0) is 12.8 Å². The molecule has 21 heavy (non-hydrogen) atoms. The third kappa shape index (κ3) is 2.39. The molecule has 116 valence electrons. The average molecular weight is 304 g/mol. The van der Waals surface area contributed by atoms with Crippen molar-refractivity contribution in [3.8, 4) is 0 Å². The Bertz CT molecular complexity index is 517. The quantitative estimate of drug-likeness (QED) is 0.845. The molecule has 4 aliphatic carbocycles. The highest BCUT2D eigenvalue weighted by atomic mass is 32.1. The molecule has 2 heteroatoms. The summed E-state index contributed by atoms with van der Waals surface area (Å²) < 4.78 is 0. The number of thiophene rings is 1. The van der Waals surface area contributed by atoms with Gasteiger partial charge in [-0.2, -0.15) is 0 Å². The minimum absolute atomic E-state index is 0.119. The monoisotopic (exact) mass is 304 g/mol. The molecular formula is C19H28OS. The van der Waals surface area contributed by atoms with Crippen LogP contribution in [0.15, 0.2) is 12.1 Å². The van der Waals surface area contributed by atoms with Crippen LogP contribution in [0.4, 0.5) is 0 Å². The minimum Gasteiger partial charge on any atom is -0.392 e. The number of rotatable bonds is 4. The van der Waals surface area contributed by atoms with Crippen LogP contribution in [0.25, 0.3) is 0 Å². The average Bonchev–Trinajstić information content (AvgIpc) is 2.83. The molecule has 4 bridgehead atoms. The van der Waals surface area contributed by atoms with Gasteiger partial charge in [-0.25, -0.2) is 0 Å². The zero-order chi connectivity index (χ0) is 14.7. The molecule has 3 unspecified atom stereocenters. The van der Waals surface area contributed by atoms with Gasteiger partial charge in [0.05, 0.1) is 6.10 Å². The van der Waals surface area contributed by atoms with E-state index in [2.05, 4.69) is 26.0 Å². The largest absolute Gasteiger partial charge is 0.392 e. The number of aryl methyl sites for hydroxylation is 1. The number of hydrogen-bond acceptors (Lipinski definition) is 2. The molecule has 0 saturated heterocycles. The summed E-state index contributed by atoms with van der Waals surface area (Å²) in [7, 11) is 0. The Morgan fingerprint density at radius 2 is 1.86 bits per heavy atom. The Labute approximate surface area is 132 Å². The SMILES string of the molecule is CCc1ccc(CC(O)C23CC4CC(CC(C)(C4)C2)C3)s1. The first-order valence-electron chi connectivity index (χ1n) is 8.76. The van der Waals surface area contributed by atoms with Gasteiger partial charge >= 0.3 is 0 Å². The fraction of sp³-hybridized carbons (Fsp3) is 0.789. The van der Waals surface area contributed by atoms with Gasteiger partial charge in [-0.3, -0.25) is 0 Å². The zero-order valence-corrected chi connectivity index (χ0v) is 14.2. The smallest absolute Gasteiger partial charge is 0.0644 e. The molecule has 4 aliphatic rings. The highest BCUT2D eigenvalue weighted by Crippen LogP contribution is 2.66. The first-order chi connectivity index (χ1) is 10.0. The van der Waals surface area contributed by atoms with E-state index in [0.29, 0.717) is 5.41 Å². The topological polar surface area (TPSA) is 20.2 Å². The first-order valence-corrected chi connectivity index (χ1v) is 9.58. The molecule has 1 aromatic heterocycles. The molecular weight excluding hydrogens is 276 g/mol. The van der Waals surface area contributed by atoms with Crippen molar-refractivity contribution in [3.63, 3.8) is 0 Å². The fourth-order valence-electron chi connectivity index (χ4n) is 6.32. The van der Waals surface area contributed by atoms with E-state index in [-0.39, 0.29) is 11.5 Å². The van der Waals surface area contributed by atoms with E-state index >= 15 is 0 Å². The van der Waals surface area contributed by atoms with Crippen molar-refractivity contribution in [2.24, 2.45) is 22.7 Å². The van der Waals surface area contributed by atoms with E-state index < -0.39 is 0 Å². The second-order valence-corrected chi connectivity index (χ2v) is 9.83. The Morgan fingerprint density at radius 3 is 2.43 bits per heavy atom. The van der Waals surface area contributed by atoms with Gasteiger partial charge in [-0.05, 0) is 79.7 Å². The summed E-state index contributed by atoms with van der Waals surface area (Å²) in [5, 5.41) is 11.1. The minimum atomic E-state index is -0.119. The van der Waals surface area contributed by atoms with Crippen molar-refractivity contribution in [1.82, 2.24) is 0 Å². The summed E-state index contributed by atoms with van der Waals surface area (Å²) in [5.41, 5.74) is 0.782. The highest BCUT2D eigenvalue weighted by molar-refractivity contribution is 7.11. The zero-order valence-electron chi connectivity index (χ0n) is 13.4. The summed E-state index contributed by atoms with van der Waals surface area (Å²) in [6, 6.07) is 4.49. The van der Waals surface area contributed by atoms with Crippen LogP contribution in [0.5, 0.6) is 0 Å². The van der Waals surface area contributed by atoms with Gasteiger partial charge in [0.25, 0.3) is 0 Å². The van der Waals surface area contributed by atoms with E-state index in [1.165, 1.54) is 48.3 Å². The molecule has 0 amide bonds. The van der Waals surface area contributed by atoms with Crippen LogP contribution < -0.4 is 0 Å². The molecule has 0 aromatic carbocycles. The van der Waals surface area contributed by atoms with E-state index in [1.807, 2.05) is 11.3 Å². The Hall–Kier alpha value is -0.340. The van der Waals surface area contributed by atoms with Gasteiger partial charge in [0.15, 0.2) is 0 Å². The molecule has 1 nitrogen and oxygen atoms in total. The first kappa shape index (κ1) is 14.3. The highest BCUT2D eigenvalue weighted by Gasteiger charge is 2.58. The fourth-order valence-corrected chi connectivity index (χ4v) is 7.31. The van der Waals surface area contributed by atoms with Gasteiger partial charge in [0.2, 0.25) is 0 Å². The summed E-state index contributed by atoms with van der Waals surface area (Å²) in [6.45, 7) is 4.71. The summed E-state index contributed by atoms with van der Waals surface area (Å²) >= 11 is 1.90. The Balaban J connectivity index is 1.54. The molecule has 4 saturated carbocycles. The van der Waals surface area contributed by atoms with Gasteiger partial charge in [0.1, 0.15) is 0 Å². The lowest BCUT2D eigenvalue weighted by atomic mass is 9.43. The van der Waals surface area contributed by atoms with E-state index in [1.54, 1.807) is 0 Å². The molecule has 1 aromatic rings. The molecule has 4 fully saturated rings. The summed E-state index contributed by atoms with van der Waals surface area (Å²) in [5.74, 6) is 1.81. The van der Waals surface area contributed by atoms with Crippen LogP contribution in [0.2, 0.25) is 0 Å². The molecule has 1 heterocycles. The van der Waals surface area contributed by atoms with Crippen molar-refractivity contribution in [3.05, 3.63) is 21.9 Å². The molecule has 3 atom stereocenters. The lowest BCUT2D eigenvalue weighted by Crippen LogP contribution is -2.55. The second-order valence-electron chi connectivity index (χ2n) is 8.58. The van der Waals surface area contributed by atoms with Crippen molar-refractivity contribution >= 4 is 11.3 Å². The maximum Gasteiger partial charge on any atom is 0.0644 e. The predicted molar refractivity (Wildman–Crippen MR) is 88.6 cm³/mol. The maximum absolute atomic E-state index is 11.1. The third-order valence-electron chi connectivity index (χ3n) is 6.57. The van der Waals surface area contributed by atoms with Gasteiger partial charge in [-0.1, -0.05) is 13.8 Å². The van der Waals surface area contributed by atoms with Gasteiger partial charge in [-0.15, -0.1) is 11.3 Å². The van der Waals surface area contributed by atoms with Crippen LogP contribution in [0.3, 0.4) is 0 Å². The Kier molecular flexibility index (Phi) is 3.28. The Morgan fingerprint density at radius 1 is 1.19 bits per heavy atom. The van der Waals surface area contributed by atoms with Crippen LogP contribution in [0.1, 0.15) is 62.1 Å². The van der Waals surface area contributed by atoms with E-state index in [0.717, 1.165) is 24.7 Å².